The molecule has 0 spiro atoms. The Morgan fingerprint density at radius 1 is 0.386 bits per heavy atom. The van der Waals surface area contributed by atoms with Crippen molar-refractivity contribution >= 4 is 19.8 Å². The molecule has 0 aliphatic heterocycles. The highest BCUT2D eigenvalue weighted by molar-refractivity contribution is 7.45. The van der Waals surface area contributed by atoms with Gasteiger partial charge in [-0.25, -0.2) is 0 Å². The molecule has 0 aromatic carbocycles. The number of likely N-dealkylation sites (N-methyl/N-ethyl adjacent to an activating group) is 1. The fraction of sp³-hybridized carbons (Fsp3) is 0.781. The van der Waals surface area contributed by atoms with Crippen molar-refractivity contribution in [3.63, 3.8) is 0 Å². The van der Waals surface area contributed by atoms with Crippen molar-refractivity contribution in [1.29, 1.82) is 0 Å². The number of hydrogen-bond donors (Lipinski definition) is 0. The first-order chi connectivity index (χ1) is 40.5. The van der Waals surface area contributed by atoms with Crippen LogP contribution in [0, 0.1) is 0 Å². The van der Waals surface area contributed by atoms with Crippen molar-refractivity contribution < 1.29 is 42.1 Å². The number of quaternary nitrogens is 1. The summed E-state index contributed by atoms with van der Waals surface area (Å²) in [6, 6.07) is 0. The quantitative estimate of drug-likeness (QED) is 0.0195. The molecule has 0 fully saturated rings. The summed E-state index contributed by atoms with van der Waals surface area (Å²) in [5, 5.41) is 0. The second-order valence-electron chi connectivity index (χ2n) is 24.5. The van der Waals surface area contributed by atoms with Gasteiger partial charge in [0.1, 0.15) is 19.8 Å². The van der Waals surface area contributed by atoms with E-state index in [9.17, 15) is 19.0 Å². The molecule has 2 atom stereocenters. The van der Waals surface area contributed by atoms with Gasteiger partial charge in [0.2, 0.25) is 0 Å². The Bertz CT molecular complexity index is 1680. The zero-order chi connectivity index (χ0) is 60.5. The Labute approximate surface area is 513 Å². The molecule has 0 aliphatic rings. The summed E-state index contributed by atoms with van der Waals surface area (Å²) in [7, 11) is 1.16. The van der Waals surface area contributed by atoms with Crippen LogP contribution in [0.2, 0.25) is 0 Å². The minimum atomic E-state index is -4.65. The van der Waals surface area contributed by atoms with Crippen LogP contribution >= 0.6 is 7.82 Å². The van der Waals surface area contributed by atoms with E-state index in [1.807, 2.05) is 21.1 Å². The third-order valence-electron chi connectivity index (χ3n) is 15.2. The number of allylic oxidation sites excluding steroid dienone is 14. The second kappa shape index (κ2) is 63.7. The van der Waals surface area contributed by atoms with E-state index >= 15 is 0 Å². The lowest BCUT2D eigenvalue weighted by molar-refractivity contribution is -0.870. The van der Waals surface area contributed by atoms with E-state index in [2.05, 4.69) is 98.9 Å². The van der Waals surface area contributed by atoms with Crippen LogP contribution in [0.5, 0.6) is 0 Å². The van der Waals surface area contributed by atoms with Crippen molar-refractivity contribution in [2.75, 3.05) is 47.5 Å². The number of ether oxygens (including phenoxy) is 2. The molecule has 0 radical (unpaired) electrons. The van der Waals surface area contributed by atoms with Gasteiger partial charge in [-0.1, -0.05) is 317 Å². The van der Waals surface area contributed by atoms with Crippen molar-refractivity contribution in [1.82, 2.24) is 0 Å². The second-order valence-corrected chi connectivity index (χ2v) is 25.9. The van der Waals surface area contributed by atoms with E-state index in [4.69, 9.17) is 18.5 Å². The molecule has 0 bridgehead atoms. The van der Waals surface area contributed by atoms with Crippen LogP contribution in [0.15, 0.2) is 85.1 Å². The predicted octanol–water partition coefficient (Wildman–Crippen LogP) is 21.9. The standard InChI is InChI=1S/C73H132NO8P/c1-6-8-10-12-14-16-18-20-22-24-26-28-30-32-34-36-38-39-41-43-45-47-49-51-53-55-57-59-61-63-65-72(75)79-69-71(70-81-83(77,78)80-68-67-74(3,4)5)82-73(76)66-64-62-60-58-56-54-52-50-48-46-44-42-40-37-35-33-31-29-27-25-23-21-19-17-15-13-11-9-7-2/h9,11,15,17,21,23,27,29,33,35,40,42,46,48,71H,6-8,10,12-14,16,18-20,22,24-26,28,30-32,34,36-39,41,43-45,47,49-70H2,1-5H3/b11-9-,17-15-,23-21-,29-27-,35-33-,42-40-,48-46-. The summed E-state index contributed by atoms with van der Waals surface area (Å²) in [6.07, 6.45) is 86.6. The average molecular weight is 1180 g/mol. The van der Waals surface area contributed by atoms with E-state index in [1.165, 1.54) is 193 Å². The highest BCUT2D eigenvalue weighted by Crippen LogP contribution is 2.38. The normalized spacial score (nSPS) is 13.7. The largest absolute Gasteiger partial charge is 0.756 e. The summed E-state index contributed by atoms with van der Waals surface area (Å²) in [4.78, 5) is 38.1. The summed E-state index contributed by atoms with van der Waals surface area (Å²) < 4.78 is 34.3. The van der Waals surface area contributed by atoms with Gasteiger partial charge in [0.05, 0.1) is 27.7 Å². The van der Waals surface area contributed by atoms with Gasteiger partial charge in [-0.15, -0.1) is 0 Å². The molecule has 10 heteroatoms. The maximum Gasteiger partial charge on any atom is 0.306 e. The molecule has 2 unspecified atom stereocenters. The summed E-state index contributed by atoms with van der Waals surface area (Å²) in [5.74, 6) is -0.837. The fourth-order valence-corrected chi connectivity index (χ4v) is 10.6. The van der Waals surface area contributed by atoms with Crippen LogP contribution in [0.4, 0.5) is 0 Å². The van der Waals surface area contributed by atoms with Crippen LogP contribution in [0.1, 0.15) is 316 Å². The number of hydrogen-bond acceptors (Lipinski definition) is 8. The van der Waals surface area contributed by atoms with E-state index in [0.717, 1.165) is 89.9 Å². The number of unbranched alkanes of at least 4 members (excludes halogenated alkanes) is 36. The minimum Gasteiger partial charge on any atom is -0.756 e. The molecule has 0 rings (SSSR count). The van der Waals surface area contributed by atoms with E-state index in [1.54, 1.807) is 0 Å². The molecule has 0 aromatic heterocycles. The number of phosphoric ester groups is 1. The number of rotatable bonds is 64. The van der Waals surface area contributed by atoms with Gasteiger partial charge in [-0.2, -0.15) is 0 Å². The summed E-state index contributed by atoms with van der Waals surface area (Å²) in [6.45, 7) is 4.15. The number of esters is 2. The maximum absolute atomic E-state index is 12.9. The van der Waals surface area contributed by atoms with Crippen LogP contribution < -0.4 is 4.89 Å². The molecule has 0 amide bonds. The van der Waals surface area contributed by atoms with Crippen molar-refractivity contribution in [3.05, 3.63) is 85.1 Å². The van der Waals surface area contributed by atoms with E-state index < -0.39 is 26.5 Å². The van der Waals surface area contributed by atoms with Crippen molar-refractivity contribution in [2.45, 2.75) is 322 Å². The molecule has 0 aliphatic carbocycles. The van der Waals surface area contributed by atoms with Gasteiger partial charge in [-0.05, 0) is 70.6 Å². The summed E-state index contributed by atoms with van der Waals surface area (Å²) >= 11 is 0. The Balaban J connectivity index is 4.07. The first-order valence-corrected chi connectivity index (χ1v) is 36.3. The third kappa shape index (κ3) is 68.2. The van der Waals surface area contributed by atoms with Crippen LogP contribution in [0.3, 0.4) is 0 Å². The molecule has 9 nitrogen and oxygen atoms in total. The lowest BCUT2D eigenvalue weighted by Gasteiger charge is -2.28. The van der Waals surface area contributed by atoms with Crippen LogP contribution in [-0.2, 0) is 32.7 Å². The molecular formula is C73H132NO8P. The SMILES string of the molecule is CC/C=C\C/C=C\C/C=C\C/C=C\C/C=C\C/C=C\C/C=C\CCCCCCCCCC(=O)OC(COC(=O)CCCCCCCCCCCCCCCCCCCCCCCCCCCCCCCC)COP(=O)([O-])OCC[N+](C)(C)C. The molecular weight excluding hydrogens is 1050 g/mol. The molecule has 0 saturated heterocycles. The smallest absolute Gasteiger partial charge is 0.306 e. The van der Waals surface area contributed by atoms with Gasteiger partial charge in [0, 0.05) is 12.8 Å². The topological polar surface area (TPSA) is 111 Å². The highest BCUT2D eigenvalue weighted by Gasteiger charge is 2.22. The van der Waals surface area contributed by atoms with Gasteiger partial charge in [-0.3, -0.25) is 14.2 Å². The Kier molecular flexibility index (Phi) is 61.5. The number of phosphoric acid groups is 1. The van der Waals surface area contributed by atoms with Gasteiger partial charge < -0.3 is 27.9 Å². The zero-order valence-corrected chi connectivity index (χ0v) is 55.8. The van der Waals surface area contributed by atoms with Gasteiger partial charge in [0.15, 0.2) is 6.10 Å². The monoisotopic (exact) mass is 1180 g/mol. The Morgan fingerprint density at radius 2 is 0.687 bits per heavy atom. The number of nitrogens with zero attached hydrogens (tertiary/aromatic N) is 1. The van der Waals surface area contributed by atoms with Crippen molar-refractivity contribution in [2.24, 2.45) is 0 Å². The molecule has 0 N–H and O–H groups in total. The Hall–Kier alpha value is -2.81. The number of carbonyl (C=O) groups is 2. The first kappa shape index (κ1) is 80.2. The molecule has 0 aromatic rings. The van der Waals surface area contributed by atoms with Gasteiger partial charge >= 0.3 is 11.9 Å². The maximum atomic E-state index is 12.9. The summed E-state index contributed by atoms with van der Waals surface area (Å²) in [5.41, 5.74) is 0. The minimum absolute atomic E-state index is 0.0355. The third-order valence-corrected chi connectivity index (χ3v) is 16.1. The predicted molar refractivity (Wildman–Crippen MR) is 356 cm³/mol. The molecule has 0 heterocycles. The van der Waals surface area contributed by atoms with Crippen molar-refractivity contribution in [3.8, 4) is 0 Å². The average Bonchev–Trinajstić information content (AvgIpc) is 3.49. The van der Waals surface area contributed by atoms with Gasteiger partial charge in [0.25, 0.3) is 7.82 Å². The number of carbonyl (C=O) groups excluding carboxylic acids is 2. The van der Waals surface area contributed by atoms with Crippen LogP contribution in [-0.4, -0.2) is 70.0 Å². The molecule has 0 saturated carbocycles. The highest BCUT2D eigenvalue weighted by atomic mass is 31.2. The molecule has 482 valence electrons. The lowest BCUT2D eigenvalue weighted by Crippen LogP contribution is -2.37. The fourth-order valence-electron chi connectivity index (χ4n) is 9.88. The first-order valence-electron chi connectivity index (χ1n) is 34.8. The lowest BCUT2D eigenvalue weighted by atomic mass is 10.0. The zero-order valence-electron chi connectivity index (χ0n) is 54.9. The molecule has 83 heavy (non-hydrogen) atoms. The van der Waals surface area contributed by atoms with E-state index in [-0.39, 0.29) is 32.0 Å². The Morgan fingerprint density at radius 3 is 1.02 bits per heavy atom. The van der Waals surface area contributed by atoms with Crippen LogP contribution in [0.25, 0.3) is 0 Å². The van der Waals surface area contributed by atoms with E-state index in [0.29, 0.717) is 17.4 Å².